The molecule has 3 rings (SSSR count). The van der Waals surface area contributed by atoms with Crippen LogP contribution in [0, 0.1) is 6.92 Å². The summed E-state index contributed by atoms with van der Waals surface area (Å²) < 4.78 is 1.79. The molecule has 0 aliphatic heterocycles. The van der Waals surface area contributed by atoms with E-state index in [9.17, 15) is 4.79 Å². The minimum absolute atomic E-state index is 0.209. The number of imidazole rings is 1. The second-order valence-corrected chi connectivity index (χ2v) is 6.93. The van der Waals surface area contributed by atoms with Crippen molar-refractivity contribution in [1.29, 1.82) is 0 Å². The number of benzene rings is 1. The highest BCUT2D eigenvalue weighted by Gasteiger charge is 2.14. The number of aryl methyl sites for hydroxylation is 2. The Morgan fingerprint density at radius 1 is 1.41 bits per heavy atom. The molecule has 0 fully saturated rings. The van der Waals surface area contributed by atoms with Gasteiger partial charge in [-0.3, -0.25) is 9.48 Å². The number of fused-ring (bicyclic) bond motifs is 1. The Balaban J connectivity index is 1.67. The summed E-state index contributed by atoms with van der Waals surface area (Å²) in [7, 11) is 0. The van der Waals surface area contributed by atoms with Gasteiger partial charge in [0.25, 0.3) is 0 Å². The Labute approximate surface area is 163 Å². The second-order valence-electron chi connectivity index (χ2n) is 6.57. The molecule has 0 radical (unpaired) electrons. The number of halogens is 1. The van der Waals surface area contributed by atoms with E-state index >= 15 is 0 Å². The number of aromatic nitrogens is 4. The van der Waals surface area contributed by atoms with Crippen LogP contribution < -0.4 is 5.32 Å². The van der Waals surface area contributed by atoms with Crippen LogP contribution in [0.5, 0.6) is 0 Å². The molecule has 0 aliphatic rings. The minimum atomic E-state index is -0.238. The third-order valence-electron chi connectivity index (χ3n) is 4.41. The van der Waals surface area contributed by atoms with E-state index in [1.807, 2.05) is 38.1 Å². The molecule has 142 valence electrons. The van der Waals surface area contributed by atoms with Gasteiger partial charge in [-0.2, -0.15) is 5.10 Å². The van der Waals surface area contributed by atoms with E-state index < -0.39 is 0 Å². The Kier molecular flexibility index (Phi) is 5.96. The van der Waals surface area contributed by atoms with E-state index in [-0.39, 0.29) is 11.9 Å². The van der Waals surface area contributed by atoms with Crippen LogP contribution in [-0.2, 0) is 11.3 Å². The van der Waals surface area contributed by atoms with Gasteiger partial charge in [-0.1, -0.05) is 37.1 Å². The molecule has 1 aromatic carbocycles. The lowest BCUT2D eigenvalue weighted by molar-refractivity contribution is -0.117. The van der Waals surface area contributed by atoms with Crippen LogP contribution >= 0.6 is 11.6 Å². The number of amides is 1. The van der Waals surface area contributed by atoms with Crippen molar-refractivity contribution >= 4 is 34.6 Å². The first-order valence-corrected chi connectivity index (χ1v) is 9.53. The summed E-state index contributed by atoms with van der Waals surface area (Å²) >= 11 is 6.40. The Bertz CT molecular complexity index is 939. The van der Waals surface area contributed by atoms with Crippen LogP contribution in [0.25, 0.3) is 17.1 Å². The predicted molar refractivity (Wildman–Crippen MR) is 109 cm³/mol. The van der Waals surface area contributed by atoms with Gasteiger partial charge in [0.2, 0.25) is 5.91 Å². The van der Waals surface area contributed by atoms with Gasteiger partial charge in [0.15, 0.2) is 0 Å². The van der Waals surface area contributed by atoms with Crippen LogP contribution in [0.1, 0.15) is 49.8 Å². The highest BCUT2D eigenvalue weighted by Crippen LogP contribution is 2.22. The normalized spacial score (nSPS) is 12.7. The van der Waals surface area contributed by atoms with Gasteiger partial charge < -0.3 is 10.3 Å². The molecule has 2 aromatic heterocycles. The van der Waals surface area contributed by atoms with Crippen LogP contribution in [0.4, 0.5) is 0 Å². The zero-order chi connectivity index (χ0) is 19.4. The van der Waals surface area contributed by atoms with E-state index in [0.29, 0.717) is 5.15 Å². The SMILES string of the molecule is CCCCn1nc(C)c(/C=C/C(=O)NC(C)c2nc3ccccc3[nH]2)c1Cl. The van der Waals surface area contributed by atoms with Gasteiger partial charge in [-0.25, -0.2) is 4.98 Å². The number of carbonyl (C=O) groups excluding carboxylic acids is 1. The number of H-pyrrole nitrogens is 1. The van der Waals surface area contributed by atoms with E-state index in [1.54, 1.807) is 10.8 Å². The van der Waals surface area contributed by atoms with Gasteiger partial charge >= 0.3 is 0 Å². The molecule has 27 heavy (non-hydrogen) atoms. The van der Waals surface area contributed by atoms with Gasteiger partial charge in [0.1, 0.15) is 11.0 Å². The first kappa shape index (κ1) is 19.2. The molecule has 0 saturated carbocycles. The van der Waals surface area contributed by atoms with E-state index in [0.717, 1.165) is 47.5 Å². The molecule has 0 aliphatic carbocycles. The van der Waals surface area contributed by atoms with Crippen molar-refractivity contribution in [2.45, 2.75) is 46.2 Å². The summed E-state index contributed by atoms with van der Waals surface area (Å²) in [4.78, 5) is 20.1. The zero-order valence-electron chi connectivity index (χ0n) is 15.8. The number of hydrogen-bond donors (Lipinski definition) is 2. The smallest absolute Gasteiger partial charge is 0.244 e. The lowest BCUT2D eigenvalue weighted by Gasteiger charge is -2.09. The number of hydrogen-bond acceptors (Lipinski definition) is 3. The van der Waals surface area contributed by atoms with Crippen molar-refractivity contribution in [2.24, 2.45) is 0 Å². The molecule has 1 atom stereocenters. The fourth-order valence-electron chi connectivity index (χ4n) is 2.88. The molecule has 1 amide bonds. The Morgan fingerprint density at radius 2 is 2.19 bits per heavy atom. The quantitative estimate of drug-likeness (QED) is 0.591. The molecule has 0 spiro atoms. The van der Waals surface area contributed by atoms with Gasteiger partial charge in [0, 0.05) is 18.2 Å². The average Bonchev–Trinajstić information content (AvgIpc) is 3.19. The van der Waals surface area contributed by atoms with E-state index in [4.69, 9.17) is 11.6 Å². The van der Waals surface area contributed by atoms with Crippen molar-refractivity contribution in [2.75, 3.05) is 0 Å². The van der Waals surface area contributed by atoms with Crippen molar-refractivity contribution in [3.8, 4) is 0 Å². The summed E-state index contributed by atoms with van der Waals surface area (Å²) in [5.74, 6) is 0.513. The zero-order valence-corrected chi connectivity index (χ0v) is 16.5. The molecule has 6 nitrogen and oxygen atoms in total. The summed E-state index contributed by atoms with van der Waals surface area (Å²) in [5, 5.41) is 7.93. The Morgan fingerprint density at radius 3 is 2.93 bits per heavy atom. The molecule has 2 heterocycles. The fraction of sp³-hybridized carbons (Fsp3) is 0.350. The molecule has 7 heteroatoms. The van der Waals surface area contributed by atoms with Crippen LogP contribution in [0.3, 0.4) is 0 Å². The fourth-order valence-corrected chi connectivity index (χ4v) is 3.20. The molecule has 1 unspecified atom stereocenters. The van der Waals surface area contributed by atoms with E-state index in [1.165, 1.54) is 6.08 Å². The lowest BCUT2D eigenvalue weighted by atomic mass is 10.2. The van der Waals surface area contributed by atoms with Crippen LogP contribution in [0.2, 0.25) is 5.15 Å². The number of unbranched alkanes of at least 4 members (excludes halogenated alkanes) is 1. The number of carbonyl (C=O) groups is 1. The summed E-state index contributed by atoms with van der Waals surface area (Å²) in [6.07, 6.45) is 5.29. The minimum Gasteiger partial charge on any atom is -0.343 e. The van der Waals surface area contributed by atoms with Crippen LogP contribution in [-0.4, -0.2) is 25.7 Å². The molecule has 0 saturated heterocycles. The summed E-state index contributed by atoms with van der Waals surface area (Å²) in [5.41, 5.74) is 3.42. The standard InChI is InChI=1S/C20H24ClN5O/c1-4-5-12-26-19(21)15(13(2)25-26)10-11-18(27)22-14(3)20-23-16-8-6-7-9-17(16)24-20/h6-11,14H,4-5,12H2,1-3H3,(H,22,27)(H,23,24)/b11-10+. The Hall–Kier alpha value is -2.60. The molecule has 3 aromatic rings. The number of para-hydroxylation sites is 2. The number of nitrogens with one attached hydrogen (secondary N) is 2. The summed E-state index contributed by atoms with van der Waals surface area (Å²) in [6, 6.07) is 7.54. The van der Waals surface area contributed by atoms with Crippen molar-refractivity contribution in [3.63, 3.8) is 0 Å². The maximum atomic E-state index is 12.3. The van der Waals surface area contributed by atoms with E-state index in [2.05, 4.69) is 27.3 Å². The highest BCUT2D eigenvalue weighted by atomic mass is 35.5. The first-order chi connectivity index (χ1) is 13.0. The molecule has 0 bridgehead atoms. The first-order valence-electron chi connectivity index (χ1n) is 9.15. The number of rotatable bonds is 7. The average molecular weight is 386 g/mol. The maximum Gasteiger partial charge on any atom is 0.244 e. The third-order valence-corrected chi connectivity index (χ3v) is 4.81. The molecule has 2 N–H and O–H groups in total. The molecular weight excluding hydrogens is 362 g/mol. The van der Waals surface area contributed by atoms with Gasteiger partial charge in [-0.05, 0) is 38.5 Å². The van der Waals surface area contributed by atoms with Crippen LogP contribution in [0.15, 0.2) is 30.3 Å². The lowest BCUT2D eigenvalue weighted by Crippen LogP contribution is -2.25. The number of nitrogens with zero attached hydrogens (tertiary/aromatic N) is 3. The van der Waals surface area contributed by atoms with Gasteiger partial charge in [0.05, 0.1) is 22.8 Å². The second kappa shape index (κ2) is 8.39. The van der Waals surface area contributed by atoms with Crippen molar-refractivity contribution in [3.05, 3.63) is 52.6 Å². The van der Waals surface area contributed by atoms with Crippen molar-refractivity contribution < 1.29 is 4.79 Å². The van der Waals surface area contributed by atoms with Crippen molar-refractivity contribution in [1.82, 2.24) is 25.1 Å². The topological polar surface area (TPSA) is 75.6 Å². The monoisotopic (exact) mass is 385 g/mol. The maximum absolute atomic E-state index is 12.3. The number of aromatic amines is 1. The molecular formula is C20H24ClN5O. The summed E-state index contributed by atoms with van der Waals surface area (Å²) in [6.45, 7) is 6.69. The largest absolute Gasteiger partial charge is 0.343 e. The third kappa shape index (κ3) is 4.39. The van der Waals surface area contributed by atoms with Gasteiger partial charge in [-0.15, -0.1) is 0 Å². The highest BCUT2D eigenvalue weighted by molar-refractivity contribution is 6.31. The predicted octanol–water partition coefficient (Wildman–Crippen LogP) is 4.41.